The van der Waals surface area contributed by atoms with Crippen LogP contribution in [0.25, 0.3) is 0 Å². The average Bonchev–Trinajstić information content (AvgIpc) is 2.42. The Morgan fingerprint density at radius 2 is 1.90 bits per heavy atom. The second kappa shape index (κ2) is 10.0. The van der Waals surface area contributed by atoms with Gasteiger partial charge in [-0.2, -0.15) is 0 Å². The molecular weight excluding hydrogens is 252 g/mol. The number of rotatable bonds is 8. The molecule has 3 N–H and O–H groups in total. The van der Waals surface area contributed by atoms with Gasteiger partial charge in [0, 0.05) is 13.1 Å². The number of carbonyl (C=O) groups is 1. The van der Waals surface area contributed by atoms with E-state index in [-0.39, 0.29) is 12.1 Å². The molecule has 0 aromatic heterocycles. The first-order valence-electron chi connectivity index (χ1n) is 8.27. The van der Waals surface area contributed by atoms with Crippen LogP contribution in [-0.4, -0.2) is 30.3 Å². The molecule has 0 aliphatic heterocycles. The molecule has 0 bridgehead atoms. The second-order valence-corrected chi connectivity index (χ2v) is 6.47. The van der Waals surface area contributed by atoms with E-state index in [2.05, 4.69) is 10.6 Å². The molecule has 0 saturated heterocycles. The number of hydrogen-bond donors (Lipinski definition) is 3. The predicted molar refractivity (Wildman–Crippen MR) is 82.7 cm³/mol. The molecule has 4 heteroatoms. The summed E-state index contributed by atoms with van der Waals surface area (Å²) in [5.41, 5.74) is 0. The minimum absolute atomic E-state index is 0.0777. The lowest BCUT2D eigenvalue weighted by Crippen LogP contribution is -2.38. The molecule has 4 nitrogen and oxygen atoms in total. The number of aliphatic hydroxyl groups excluding tert-OH is 1. The van der Waals surface area contributed by atoms with Crippen molar-refractivity contribution in [2.75, 3.05) is 13.1 Å². The van der Waals surface area contributed by atoms with Crippen LogP contribution >= 0.6 is 0 Å². The van der Waals surface area contributed by atoms with Crippen molar-refractivity contribution in [3.05, 3.63) is 0 Å². The van der Waals surface area contributed by atoms with E-state index in [0.29, 0.717) is 12.5 Å². The third-order valence-corrected chi connectivity index (χ3v) is 4.15. The third kappa shape index (κ3) is 8.41. The summed E-state index contributed by atoms with van der Waals surface area (Å²) in [6.45, 7) is 5.21. The lowest BCUT2D eigenvalue weighted by Gasteiger charge is -2.21. The number of aliphatic hydroxyl groups is 1. The van der Waals surface area contributed by atoms with Crippen LogP contribution in [0.5, 0.6) is 0 Å². The molecule has 0 radical (unpaired) electrons. The smallest absolute Gasteiger partial charge is 0.314 e. The lowest BCUT2D eigenvalue weighted by atomic mass is 9.86. The maximum Gasteiger partial charge on any atom is 0.314 e. The highest BCUT2D eigenvalue weighted by molar-refractivity contribution is 5.73. The van der Waals surface area contributed by atoms with E-state index in [1.807, 2.05) is 6.92 Å². The van der Waals surface area contributed by atoms with Gasteiger partial charge in [-0.05, 0) is 38.0 Å². The summed E-state index contributed by atoms with van der Waals surface area (Å²) < 4.78 is 0. The van der Waals surface area contributed by atoms with Gasteiger partial charge in [0.15, 0.2) is 0 Å². The number of amides is 2. The predicted octanol–water partition coefficient (Wildman–Crippen LogP) is 3.05. The number of nitrogens with one attached hydrogen (secondary N) is 2. The highest BCUT2D eigenvalue weighted by Crippen LogP contribution is 2.26. The van der Waals surface area contributed by atoms with Gasteiger partial charge in [-0.25, -0.2) is 4.79 Å². The molecule has 0 heterocycles. The van der Waals surface area contributed by atoms with Crippen molar-refractivity contribution in [1.29, 1.82) is 0 Å². The van der Waals surface area contributed by atoms with Crippen molar-refractivity contribution in [2.45, 2.75) is 71.3 Å². The number of urea groups is 1. The van der Waals surface area contributed by atoms with E-state index in [0.717, 1.165) is 25.3 Å². The molecule has 0 spiro atoms. The first-order chi connectivity index (χ1) is 9.58. The van der Waals surface area contributed by atoms with Crippen molar-refractivity contribution in [2.24, 2.45) is 11.8 Å². The summed E-state index contributed by atoms with van der Waals surface area (Å²) in [6.07, 6.45) is 9.69. The second-order valence-electron chi connectivity index (χ2n) is 6.47. The Labute approximate surface area is 123 Å². The highest BCUT2D eigenvalue weighted by atomic mass is 16.3. The molecule has 1 aliphatic rings. The zero-order valence-electron chi connectivity index (χ0n) is 13.2. The SMILES string of the molecule is CC(O)CC(C)CNC(=O)NCCCC1CCCCC1. The largest absolute Gasteiger partial charge is 0.393 e. The first kappa shape index (κ1) is 17.3. The fourth-order valence-corrected chi connectivity index (χ4v) is 3.06. The zero-order chi connectivity index (χ0) is 14.8. The van der Waals surface area contributed by atoms with Gasteiger partial charge < -0.3 is 15.7 Å². The Morgan fingerprint density at radius 3 is 2.55 bits per heavy atom. The molecule has 0 aromatic carbocycles. The molecule has 118 valence electrons. The standard InChI is InChI=1S/C16H32N2O2/c1-13(11-14(2)19)12-18-16(20)17-10-6-9-15-7-4-3-5-8-15/h13-15,19H,3-12H2,1-2H3,(H2,17,18,20). The molecule has 20 heavy (non-hydrogen) atoms. The Balaban J connectivity index is 1.96. The van der Waals surface area contributed by atoms with Crippen LogP contribution in [-0.2, 0) is 0 Å². The monoisotopic (exact) mass is 284 g/mol. The fraction of sp³-hybridized carbons (Fsp3) is 0.938. The van der Waals surface area contributed by atoms with Crippen molar-refractivity contribution >= 4 is 6.03 Å². The van der Waals surface area contributed by atoms with E-state index in [4.69, 9.17) is 0 Å². The van der Waals surface area contributed by atoms with E-state index in [9.17, 15) is 9.90 Å². The molecule has 1 fully saturated rings. The van der Waals surface area contributed by atoms with E-state index in [1.54, 1.807) is 6.92 Å². The Morgan fingerprint density at radius 1 is 1.20 bits per heavy atom. The number of hydrogen-bond acceptors (Lipinski definition) is 2. The quantitative estimate of drug-likeness (QED) is 0.600. The summed E-state index contributed by atoms with van der Waals surface area (Å²) in [5.74, 6) is 1.20. The normalized spacial score (nSPS) is 19.4. The molecule has 2 amide bonds. The Bertz CT molecular complexity index is 263. The highest BCUT2D eigenvalue weighted by Gasteiger charge is 2.13. The third-order valence-electron chi connectivity index (χ3n) is 4.15. The molecule has 1 saturated carbocycles. The van der Waals surface area contributed by atoms with E-state index >= 15 is 0 Å². The van der Waals surface area contributed by atoms with Crippen LogP contribution in [0, 0.1) is 11.8 Å². The zero-order valence-corrected chi connectivity index (χ0v) is 13.2. The van der Waals surface area contributed by atoms with Crippen LogP contribution in [0.3, 0.4) is 0 Å². The van der Waals surface area contributed by atoms with Gasteiger partial charge in [0.25, 0.3) is 0 Å². The number of carbonyl (C=O) groups excluding carboxylic acids is 1. The first-order valence-corrected chi connectivity index (χ1v) is 8.27. The van der Waals surface area contributed by atoms with Crippen LogP contribution in [0.4, 0.5) is 4.79 Å². The summed E-state index contributed by atoms with van der Waals surface area (Å²) in [7, 11) is 0. The fourth-order valence-electron chi connectivity index (χ4n) is 3.06. The topological polar surface area (TPSA) is 61.4 Å². The minimum Gasteiger partial charge on any atom is -0.393 e. The summed E-state index contributed by atoms with van der Waals surface area (Å²) in [4.78, 5) is 11.6. The minimum atomic E-state index is -0.301. The summed E-state index contributed by atoms with van der Waals surface area (Å²) >= 11 is 0. The van der Waals surface area contributed by atoms with Crippen LogP contribution in [0.15, 0.2) is 0 Å². The Hall–Kier alpha value is -0.770. The maximum absolute atomic E-state index is 11.6. The van der Waals surface area contributed by atoms with Gasteiger partial charge in [0.05, 0.1) is 6.10 Å². The van der Waals surface area contributed by atoms with E-state index in [1.165, 1.54) is 38.5 Å². The molecule has 1 aliphatic carbocycles. The Kier molecular flexibility index (Phi) is 8.67. The average molecular weight is 284 g/mol. The van der Waals surface area contributed by atoms with Gasteiger partial charge in [0.1, 0.15) is 0 Å². The van der Waals surface area contributed by atoms with E-state index < -0.39 is 0 Å². The molecule has 1 rings (SSSR count). The van der Waals surface area contributed by atoms with Gasteiger partial charge >= 0.3 is 6.03 Å². The molecule has 2 atom stereocenters. The van der Waals surface area contributed by atoms with Crippen LogP contribution in [0.2, 0.25) is 0 Å². The van der Waals surface area contributed by atoms with Gasteiger partial charge in [-0.3, -0.25) is 0 Å². The van der Waals surface area contributed by atoms with Crippen molar-refractivity contribution in [3.8, 4) is 0 Å². The van der Waals surface area contributed by atoms with Gasteiger partial charge in [0.2, 0.25) is 0 Å². The van der Waals surface area contributed by atoms with Crippen LogP contribution < -0.4 is 10.6 Å². The van der Waals surface area contributed by atoms with Gasteiger partial charge in [-0.1, -0.05) is 39.0 Å². The molecular formula is C16H32N2O2. The molecule has 2 unspecified atom stereocenters. The summed E-state index contributed by atoms with van der Waals surface area (Å²) in [5, 5.41) is 15.0. The summed E-state index contributed by atoms with van der Waals surface area (Å²) in [6, 6.07) is -0.0777. The molecule has 0 aromatic rings. The van der Waals surface area contributed by atoms with Crippen molar-refractivity contribution < 1.29 is 9.90 Å². The van der Waals surface area contributed by atoms with Crippen LogP contribution in [0.1, 0.15) is 65.2 Å². The van der Waals surface area contributed by atoms with Crippen molar-refractivity contribution in [1.82, 2.24) is 10.6 Å². The lowest BCUT2D eigenvalue weighted by molar-refractivity contribution is 0.163. The van der Waals surface area contributed by atoms with Crippen molar-refractivity contribution in [3.63, 3.8) is 0 Å². The maximum atomic E-state index is 11.6. The van der Waals surface area contributed by atoms with Gasteiger partial charge in [-0.15, -0.1) is 0 Å².